The third kappa shape index (κ3) is 4.63. The van der Waals surface area contributed by atoms with E-state index in [2.05, 4.69) is 20.3 Å². The number of ether oxygens (including phenoxy) is 1. The summed E-state index contributed by atoms with van der Waals surface area (Å²) >= 11 is 0. The third-order valence-corrected chi connectivity index (χ3v) is 5.78. The second-order valence-corrected chi connectivity index (χ2v) is 8.23. The Bertz CT molecular complexity index is 1600. The van der Waals surface area contributed by atoms with Crippen molar-refractivity contribution in [2.45, 2.75) is 12.5 Å². The number of esters is 1. The van der Waals surface area contributed by atoms with Crippen molar-refractivity contribution in [2.75, 3.05) is 7.11 Å². The fourth-order valence-electron chi connectivity index (χ4n) is 4.09. The van der Waals surface area contributed by atoms with Crippen LogP contribution in [0.15, 0.2) is 72.9 Å². The molecule has 180 valence electrons. The van der Waals surface area contributed by atoms with E-state index in [1.807, 2.05) is 30.3 Å². The number of pyridine rings is 1. The second kappa shape index (κ2) is 9.53. The molecule has 0 saturated heterocycles. The molecule has 36 heavy (non-hydrogen) atoms. The second-order valence-electron chi connectivity index (χ2n) is 8.23. The van der Waals surface area contributed by atoms with Crippen LogP contribution in [0.4, 0.5) is 8.78 Å². The predicted molar refractivity (Wildman–Crippen MR) is 130 cm³/mol. The largest absolute Gasteiger partial charge is 0.467 e. The number of benzene rings is 3. The quantitative estimate of drug-likeness (QED) is 0.343. The molecule has 2 heterocycles. The molecule has 1 amide bonds. The molecule has 0 fully saturated rings. The number of aromatic nitrogens is 3. The molecule has 0 saturated carbocycles. The number of nitrogens with zero attached hydrogens (tertiary/aromatic N) is 2. The molecular weight excluding hydrogens is 466 g/mol. The molecule has 0 radical (unpaired) electrons. The van der Waals surface area contributed by atoms with Crippen molar-refractivity contribution < 1.29 is 23.1 Å². The molecule has 7 nitrogen and oxygen atoms in total. The smallest absolute Gasteiger partial charge is 0.328 e. The van der Waals surface area contributed by atoms with Gasteiger partial charge < -0.3 is 15.0 Å². The number of aromatic amines is 1. The first-order valence-electron chi connectivity index (χ1n) is 11.1. The van der Waals surface area contributed by atoms with Gasteiger partial charge in [-0.05, 0) is 41.3 Å². The van der Waals surface area contributed by atoms with Crippen LogP contribution in [0.3, 0.4) is 0 Å². The molecule has 2 N–H and O–H groups in total. The first kappa shape index (κ1) is 23.1. The van der Waals surface area contributed by atoms with E-state index in [-0.39, 0.29) is 17.5 Å². The van der Waals surface area contributed by atoms with Gasteiger partial charge in [0.2, 0.25) is 0 Å². The molecular formula is C27H20F2N4O3. The third-order valence-electron chi connectivity index (χ3n) is 5.78. The van der Waals surface area contributed by atoms with E-state index in [1.165, 1.54) is 7.11 Å². The van der Waals surface area contributed by atoms with Gasteiger partial charge in [0.15, 0.2) is 5.82 Å². The summed E-state index contributed by atoms with van der Waals surface area (Å²) in [7, 11) is 1.17. The standard InChI is InChI=1S/C27H20F2N4O3/c1-36-27(35)23(11-15-9-18(28)13-19(29)10-15)32-26(34)20-7-4-8-21-24(20)33-25(31-21)22-12-16-5-2-3-6-17(16)14-30-22/h2-10,12-14,23H,11H2,1H3,(H,31,33)(H,32,34)/t23-/m0/s1. The zero-order chi connectivity index (χ0) is 25.2. The topological polar surface area (TPSA) is 97.0 Å². The number of carbonyl (C=O) groups excluding carboxylic acids is 2. The summed E-state index contributed by atoms with van der Waals surface area (Å²) in [6, 6.07) is 16.5. The van der Waals surface area contributed by atoms with Gasteiger partial charge in [0.05, 0.1) is 18.2 Å². The van der Waals surface area contributed by atoms with Crippen LogP contribution in [-0.2, 0) is 16.0 Å². The number of fused-ring (bicyclic) bond motifs is 2. The monoisotopic (exact) mass is 486 g/mol. The normalized spacial score (nSPS) is 12.0. The van der Waals surface area contributed by atoms with E-state index >= 15 is 0 Å². The van der Waals surface area contributed by atoms with Crippen molar-refractivity contribution in [3.8, 4) is 11.5 Å². The van der Waals surface area contributed by atoms with Gasteiger partial charge in [-0.2, -0.15) is 0 Å². The Morgan fingerprint density at radius 3 is 2.50 bits per heavy atom. The number of hydrogen-bond donors (Lipinski definition) is 2. The van der Waals surface area contributed by atoms with Gasteiger partial charge in [-0.25, -0.2) is 18.6 Å². The van der Waals surface area contributed by atoms with E-state index in [9.17, 15) is 18.4 Å². The van der Waals surface area contributed by atoms with Crippen LogP contribution in [0.25, 0.3) is 33.3 Å². The number of carbonyl (C=O) groups is 2. The number of H-pyrrole nitrogens is 1. The average molecular weight is 486 g/mol. The molecule has 0 aliphatic carbocycles. The van der Waals surface area contributed by atoms with Gasteiger partial charge in [-0.15, -0.1) is 0 Å². The molecule has 9 heteroatoms. The van der Waals surface area contributed by atoms with Gasteiger partial charge in [0, 0.05) is 24.1 Å². The lowest BCUT2D eigenvalue weighted by Gasteiger charge is -2.17. The lowest BCUT2D eigenvalue weighted by molar-refractivity contribution is -0.142. The highest BCUT2D eigenvalue weighted by Crippen LogP contribution is 2.24. The predicted octanol–water partition coefficient (Wildman–Crippen LogP) is 4.57. The van der Waals surface area contributed by atoms with Gasteiger partial charge >= 0.3 is 5.97 Å². The molecule has 0 aliphatic rings. The average Bonchev–Trinajstić information content (AvgIpc) is 3.31. The van der Waals surface area contributed by atoms with Crippen LogP contribution >= 0.6 is 0 Å². The Hall–Kier alpha value is -4.66. The van der Waals surface area contributed by atoms with Crippen LogP contribution < -0.4 is 5.32 Å². The Labute approximate surface area is 204 Å². The van der Waals surface area contributed by atoms with Crippen LogP contribution in [0.5, 0.6) is 0 Å². The van der Waals surface area contributed by atoms with Gasteiger partial charge in [0.1, 0.15) is 28.9 Å². The number of para-hydroxylation sites is 1. The lowest BCUT2D eigenvalue weighted by atomic mass is 10.0. The molecule has 0 spiro atoms. The number of rotatable bonds is 6. The summed E-state index contributed by atoms with van der Waals surface area (Å²) in [6.45, 7) is 0. The maximum Gasteiger partial charge on any atom is 0.328 e. The number of hydrogen-bond acceptors (Lipinski definition) is 5. The lowest BCUT2D eigenvalue weighted by Crippen LogP contribution is -2.43. The highest BCUT2D eigenvalue weighted by Gasteiger charge is 2.25. The first-order valence-corrected chi connectivity index (χ1v) is 11.1. The fourth-order valence-corrected chi connectivity index (χ4v) is 4.09. The van der Waals surface area contributed by atoms with E-state index in [0.717, 1.165) is 29.0 Å². The Morgan fingerprint density at radius 2 is 1.75 bits per heavy atom. The zero-order valence-electron chi connectivity index (χ0n) is 19.1. The van der Waals surface area contributed by atoms with Crippen molar-refractivity contribution in [1.29, 1.82) is 0 Å². The SMILES string of the molecule is COC(=O)[C@H](Cc1cc(F)cc(F)c1)NC(=O)c1cccc2[nH]c(-c3cc4ccccc4cn3)nc12. The van der Waals surface area contributed by atoms with Crippen LogP contribution in [0, 0.1) is 11.6 Å². The van der Waals surface area contributed by atoms with E-state index < -0.39 is 29.6 Å². The van der Waals surface area contributed by atoms with Crippen LogP contribution in [-0.4, -0.2) is 40.0 Å². The van der Waals surface area contributed by atoms with Gasteiger partial charge in [-0.3, -0.25) is 9.78 Å². The van der Waals surface area contributed by atoms with Crippen molar-refractivity contribution in [3.05, 3.63) is 95.7 Å². The summed E-state index contributed by atoms with van der Waals surface area (Å²) in [6.07, 6.45) is 1.59. The first-order chi connectivity index (χ1) is 17.4. The van der Waals surface area contributed by atoms with Gasteiger partial charge in [-0.1, -0.05) is 30.3 Å². The van der Waals surface area contributed by atoms with Crippen molar-refractivity contribution in [1.82, 2.24) is 20.3 Å². The van der Waals surface area contributed by atoms with Crippen molar-refractivity contribution >= 4 is 33.7 Å². The Balaban J connectivity index is 1.45. The van der Waals surface area contributed by atoms with E-state index in [0.29, 0.717) is 22.6 Å². The molecule has 0 unspecified atom stereocenters. The van der Waals surface area contributed by atoms with E-state index in [4.69, 9.17) is 4.74 Å². The summed E-state index contributed by atoms with van der Waals surface area (Å²) < 4.78 is 32.1. The highest BCUT2D eigenvalue weighted by atomic mass is 19.1. The van der Waals surface area contributed by atoms with Crippen LogP contribution in [0.2, 0.25) is 0 Å². The number of halogens is 2. The molecule has 5 rings (SSSR count). The van der Waals surface area contributed by atoms with Crippen molar-refractivity contribution in [3.63, 3.8) is 0 Å². The summed E-state index contributed by atoms with van der Waals surface area (Å²) in [4.78, 5) is 37.8. The number of methoxy groups -OCH3 is 1. The molecule has 0 aliphatic heterocycles. The van der Waals surface area contributed by atoms with Crippen LogP contribution in [0.1, 0.15) is 15.9 Å². The summed E-state index contributed by atoms with van der Waals surface area (Å²) in [5.41, 5.74) is 2.02. The Kier molecular flexibility index (Phi) is 6.12. The van der Waals surface area contributed by atoms with E-state index in [1.54, 1.807) is 24.4 Å². The van der Waals surface area contributed by atoms with Crippen molar-refractivity contribution in [2.24, 2.45) is 0 Å². The molecule has 3 aromatic carbocycles. The minimum Gasteiger partial charge on any atom is -0.467 e. The fraction of sp³-hybridized carbons (Fsp3) is 0.111. The Morgan fingerprint density at radius 1 is 1.00 bits per heavy atom. The maximum atomic E-state index is 13.6. The molecule has 2 aromatic heterocycles. The minimum atomic E-state index is -1.17. The number of imidazole rings is 1. The van der Waals surface area contributed by atoms with Gasteiger partial charge in [0.25, 0.3) is 5.91 Å². The maximum absolute atomic E-state index is 13.6. The summed E-state index contributed by atoms with van der Waals surface area (Å²) in [5.74, 6) is -2.41. The molecule has 1 atom stereocenters. The minimum absolute atomic E-state index is 0.157. The summed E-state index contributed by atoms with van der Waals surface area (Å²) in [5, 5.41) is 4.60. The number of nitrogens with one attached hydrogen (secondary N) is 2. The zero-order valence-corrected chi connectivity index (χ0v) is 19.1. The molecule has 0 bridgehead atoms. The highest BCUT2D eigenvalue weighted by molar-refractivity contribution is 6.06. The molecule has 5 aromatic rings. The number of amides is 1.